The number of Topliss-reactive ketones (excluding diaryl/α,β-unsaturated/α-hetero) is 1. The zero-order valence-electron chi connectivity index (χ0n) is 11.8. The van der Waals surface area contributed by atoms with Crippen LogP contribution >= 0.6 is 0 Å². The van der Waals surface area contributed by atoms with Crippen LogP contribution in [0.2, 0.25) is 0 Å². The number of ketones is 1. The summed E-state index contributed by atoms with van der Waals surface area (Å²) in [4.78, 5) is 24.1. The number of hydrogen-bond acceptors (Lipinski definition) is 4. The number of likely N-dealkylation sites (N-methyl/N-ethyl adjacent to an activating group) is 1. The lowest BCUT2D eigenvalue weighted by Gasteiger charge is -2.19. The highest BCUT2D eigenvalue weighted by Gasteiger charge is 2.49. The Kier molecular flexibility index (Phi) is 4.52. The third-order valence-electron chi connectivity index (χ3n) is 3.37. The van der Waals surface area contributed by atoms with Crippen molar-refractivity contribution in [1.29, 1.82) is 0 Å². The Balaban J connectivity index is 2.07. The van der Waals surface area contributed by atoms with Crippen LogP contribution in [0.4, 0.5) is 0 Å². The summed E-state index contributed by atoms with van der Waals surface area (Å²) in [5, 5.41) is 5.56. The van der Waals surface area contributed by atoms with E-state index in [4.69, 9.17) is 4.74 Å². The van der Waals surface area contributed by atoms with Gasteiger partial charge < -0.3 is 15.4 Å². The van der Waals surface area contributed by atoms with Gasteiger partial charge in [-0.3, -0.25) is 9.59 Å². The van der Waals surface area contributed by atoms with Crippen molar-refractivity contribution < 1.29 is 14.3 Å². The Hall–Kier alpha value is -1.72. The molecule has 1 fully saturated rings. The molecule has 1 amide bonds. The Morgan fingerprint density at radius 2 is 2.00 bits per heavy atom. The summed E-state index contributed by atoms with van der Waals surface area (Å²) in [6.07, 6.45) is 0.480. The molecule has 1 aromatic carbocycles. The van der Waals surface area contributed by atoms with E-state index in [1.54, 1.807) is 14.0 Å². The molecule has 1 aliphatic rings. The first kappa shape index (κ1) is 14.7. The fourth-order valence-corrected chi connectivity index (χ4v) is 2.08. The average molecular weight is 276 g/mol. The van der Waals surface area contributed by atoms with E-state index < -0.39 is 11.6 Å². The number of ether oxygens (including phenoxy) is 1. The molecule has 2 N–H and O–H groups in total. The van der Waals surface area contributed by atoms with E-state index in [0.717, 1.165) is 5.56 Å². The van der Waals surface area contributed by atoms with Crippen LogP contribution in [0, 0.1) is 0 Å². The highest BCUT2D eigenvalue weighted by molar-refractivity contribution is 5.96. The first-order valence-corrected chi connectivity index (χ1v) is 6.71. The van der Waals surface area contributed by atoms with Gasteiger partial charge in [-0.2, -0.15) is 0 Å². The topological polar surface area (TPSA) is 70.7 Å². The molecule has 0 aliphatic carbocycles. The molecule has 0 radical (unpaired) electrons. The summed E-state index contributed by atoms with van der Waals surface area (Å²) in [5.41, 5.74) is 0.284. The second-order valence-corrected chi connectivity index (χ2v) is 5.22. The lowest BCUT2D eigenvalue weighted by atomic mass is 9.95. The van der Waals surface area contributed by atoms with Crippen LogP contribution in [0.1, 0.15) is 12.5 Å². The first-order chi connectivity index (χ1) is 9.55. The number of hydrogen-bond donors (Lipinski definition) is 2. The van der Waals surface area contributed by atoms with Crippen LogP contribution in [0.25, 0.3) is 0 Å². The predicted octanol–water partition coefficient (Wildman–Crippen LogP) is 0.291. The molecule has 0 spiro atoms. The third-order valence-corrected chi connectivity index (χ3v) is 3.37. The molecule has 1 saturated heterocycles. The number of carbonyl (C=O) groups is 2. The van der Waals surface area contributed by atoms with E-state index in [-0.39, 0.29) is 18.2 Å². The van der Waals surface area contributed by atoms with Gasteiger partial charge in [0, 0.05) is 0 Å². The predicted molar refractivity (Wildman–Crippen MR) is 75.4 cm³/mol. The molecule has 1 aliphatic heterocycles. The fourth-order valence-electron chi connectivity index (χ4n) is 2.08. The maximum atomic E-state index is 12.4. The average Bonchev–Trinajstić information content (AvgIpc) is 3.18. The van der Waals surface area contributed by atoms with Crippen LogP contribution in [-0.2, 0) is 20.7 Å². The molecule has 0 saturated carbocycles. The molecular weight excluding hydrogens is 256 g/mol. The Morgan fingerprint density at radius 1 is 1.35 bits per heavy atom. The lowest BCUT2D eigenvalue weighted by Crippen LogP contribution is -2.49. The first-order valence-electron chi connectivity index (χ1n) is 6.71. The van der Waals surface area contributed by atoms with Gasteiger partial charge in [-0.05, 0) is 26.0 Å². The molecule has 2 rings (SSSR count). The number of carbonyl (C=O) groups excluding carboxylic acids is 2. The molecule has 0 aromatic heterocycles. The van der Waals surface area contributed by atoms with Gasteiger partial charge in [0.2, 0.25) is 5.91 Å². The van der Waals surface area contributed by atoms with Gasteiger partial charge in [0.1, 0.15) is 5.60 Å². The highest BCUT2D eigenvalue weighted by atomic mass is 16.6. The van der Waals surface area contributed by atoms with Gasteiger partial charge >= 0.3 is 0 Å². The van der Waals surface area contributed by atoms with Crippen molar-refractivity contribution in [2.24, 2.45) is 0 Å². The minimum Gasteiger partial charge on any atom is -0.361 e. The SMILES string of the molecule is CNCC(=O)NC(Cc1ccccc1)C(=O)C1(C)CO1. The number of benzene rings is 1. The molecule has 20 heavy (non-hydrogen) atoms. The van der Waals surface area contributed by atoms with Gasteiger partial charge in [0.05, 0.1) is 19.2 Å². The van der Waals surface area contributed by atoms with Crippen molar-refractivity contribution in [2.75, 3.05) is 20.2 Å². The second-order valence-electron chi connectivity index (χ2n) is 5.22. The van der Waals surface area contributed by atoms with Crippen molar-refractivity contribution in [3.63, 3.8) is 0 Å². The van der Waals surface area contributed by atoms with E-state index in [0.29, 0.717) is 13.0 Å². The Labute approximate surface area is 118 Å². The normalized spacial score (nSPS) is 22.1. The zero-order valence-corrected chi connectivity index (χ0v) is 11.8. The summed E-state index contributed by atoms with van der Waals surface area (Å²) >= 11 is 0. The summed E-state index contributed by atoms with van der Waals surface area (Å²) < 4.78 is 5.20. The van der Waals surface area contributed by atoms with Crippen LogP contribution in [0.15, 0.2) is 30.3 Å². The van der Waals surface area contributed by atoms with Crippen molar-refractivity contribution in [2.45, 2.75) is 25.0 Å². The number of epoxide rings is 1. The third kappa shape index (κ3) is 3.65. The summed E-state index contributed by atoms with van der Waals surface area (Å²) in [7, 11) is 1.69. The van der Waals surface area contributed by atoms with E-state index >= 15 is 0 Å². The van der Waals surface area contributed by atoms with E-state index in [1.807, 2.05) is 30.3 Å². The molecule has 1 aromatic rings. The van der Waals surface area contributed by atoms with Crippen molar-refractivity contribution in [3.8, 4) is 0 Å². The maximum Gasteiger partial charge on any atom is 0.234 e. The smallest absolute Gasteiger partial charge is 0.234 e. The number of rotatable bonds is 7. The summed E-state index contributed by atoms with van der Waals surface area (Å²) in [6, 6.07) is 9.10. The van der Waals surface area contributed by atoms with Crippen LogP contribution < -0.4 is 10.6 Å². The summed E-state index contributed by atoms with van der Waals surface area (Å²) in [6.45, 7) is 2.38. The van der Waals surface area contributed by atoms with Crippen LogP contribution in [-0.4, -0.2) is 43.5 Å². The molecule has 1 heterocycles. The standard InChI is InChI=1S/C15H20N2O3/c1-15(10-20-15)14(19)12(17-13(18)9-16-2)8-11-6-4-3-5-7-11/h3-7,12,16H,8-10H2,1-2H3,(H,17,18). The minimum atomic E-state index is -0.730. The molecule has 108 valence electrons. The van der Waals surface area contributed by atoms with Gasteiger partial charge in [0.15, 0.2) is 5.78 Å². The Bertz CT molecular complexity index is 483. The highest BCUT2D eigenvalue weighted by Crippen LogP contribution is 2.29. The quantitative estimate of drug-likeness (QED) is 0.702. The van der Waals surface area contributed by atoms with E-state index in [9.17, 15) is 9.59 Å². The van der Waals surface area contributed by atoms with Gasteiger partial charge in [-0.1, -0.05) is 30.3 Å². The maximum absolute atomic E-state index is 12.4. The minimum absolute atomic E-state index is 0.0641. The molecular formula is C15H20N2O3. The van der Waals surface area contributed by atoms with Gasteiger partial charge in [-0.15, -0.1) is 0 Å². The van der Waals surface area contributed by atoms with Crippen molar-refractivity contribution >= 4 is 11.7 Å². The van der Waals surface area contributed by atoms with Crippen molar-refractivity contribution in [1.82, 2.24) is 10.6 Å². The molecule has 0 bridgehead atoms. The van der Waals surface area contributed by atoms with E-state index in [1.165, 1.54) is 0 Å². The lowest BCUT2D eigenvalue weighted by molar-refractivity contribution is -0.130. The van der Waals surface area contributed by atoms with Crippen LogP contribution in [0.5, 0.6) is 0 Å². The Morgan fingerprint density at radius 3 is 2.55 bits per heavy atom. The molecule has 5 heteroatoms. The van der Waals surface area contributed by atoms with Crippen LogP contribution in [0.3, 0.4) is 0 Å². The monoisotopic (exact) mass is 276 g/mol. The summed E-state index contributed by atoms with van der Waals surface area (Å²) in [5.74, 6) is -0.253. The van der Waals surface area contributed by atoms with Crippen molar-refractivity contribution in [3.05, 3.63) is 35.9 Å². The molecule has 2 unspecified atom stereocenters. The van der Waals surface area contributed by atoms with E-state index in [2.05, 4.69) is 10.6 Å². The largest absolute Gasteiger partial charge is 0.361 e. The zero-order chi connectivity index (χ0) is 14.6. The number of nitrogens with one attached hydrogen (secondary N) is 2. The van der Waals surface area contributed by atoms with Gasteiger partial charge in [0.25, 0.3) is 0 Å². The fraction of sp³-hybridized carbons (Fsp3) is 0.467. The number of amides is 1. The molecule has 2 atom stereocenters. The molecule has 5 nitrogen and oxygen atoms in total. The van der Waals surface area contributed by atoms with Gasteiger partial charge in [-0.25, -0.2) is 0 Å². The second kappa shape index (κ2) is 6.15.